The van der Waals surface area contributed by atoms with Crippen molar-refractivity contribution < 1.29 is 19.4 Å². The molecule has 0 aliphatic carbocycles. The molecule has 0 bridgehead atoms. The Morgan fingerprint density at radius 2 is 2.14 bits per heavy atom. The number of hydrogen-bond acceptors (Lipinski definition) is 2. The van der Waals surface area contributed by atoms with Gasteiger partial charge in [0.2, 0.25) is 0 Å². The SMILES string of the molecule is O=C(O)C(O)c1cc(Cl)cc(Br)c1F. The zero-order valence-corrected chi connectivity index (χ0v) is 9.01. The summed E-state index contributed by atoms with van der Waals surface area (Å²) in [4.78, 5) is 10.4. The molecule has 0 heterocycles. The second kappa shape index (κ2) is 4.25. The van der Waals surface area contributed by atoms with Crippen LogP contribution in [-0.2, 0) is 4.79 Å². The first-order valence-corrected chi connectivity index (χ1v) is 4.66. The smallest absolute Gasteiger partial charge is 0.337 e. The number of aliphatic hydroxyl groups is 1. The number of aliphatic carboxylic acids is 1. The second-order valence-corrected chi connectivity index (χ2v) is 3.82. The van der Waals surface area contributed by atoms with E-state index in [0.29, 0.717) is 0 Å². The van der Waals surface area contributed by atoms with Crippen LogP contribution < -0.4 is 0 Å². The molecule has 1 unspecified atom stereocenters. The summed E-state index contributed by atoms with van der Waals surface area (Å²) in [5.74, 6) is -2.36. The summed E-state index contributed by atoms with van der Waals surface area (Å²) in [7, 11) is 0. The predicted octanol–water partition coefficient (Wildman–Crippen LogP) is 2.36. The third kappa shape index (κ3) is 2.23. The molecule has 1 rings (SSSR count). The van der Waals surface area contributed by atoms with Gasteiger partial charge in [-0.25, -0.2) is 9.18 Å². The van der Waals surface area contributed by atoms with E-state index in [0.717, 1.165) is 6.07 Å². The topological polar surface area (TPSA) is 57.5 Å². The fraction of sp³-hybridized carbons (Fsp3) is 0.125. The van der Waals surface area contributed by atoms with Crippen LogP contribution in [0.1, 0.15) is 11.7 Å². The summed E-state index contributed by atoms with van der Waals surface area (Å²) in [6.07, 6.45) is -1.91. The molecule has 0 saturated carbocycles. The molecule has 1 atom stereocenters. The minimum atomic E-state index is -1.91. The predicted molar refractivity (Wildman–Crippen MR) is 51.7 cm³/mol. The monoisotopic (exact) mass is 282 g/mol. The maximum Gasteiger partial charge on any atom is 0.337 e. The normalized spacial score (nSPS) is 12.6. The van der Waals surface area contributed by atoms with Crippen LogP contribution in [0.2, 0.25) is 5.02 Å². The molecule has 2 N–H and O–H groups in total. The van der Waals surface area contributed by atoms with Crippen LogP contribution in [0, 0.1) is 5.82 Å². The van der Waals surface area contributed by atoms with Crippen molar-refractivity contribution in [1.29, 1.82) is 0 Å². The van der Waals surface area contributed by atoms with E-state index < -0.39 is 17.9 Å². The molecule has 1 aromatic rings. The van der Waals surface area contributed by atoms with Crippen molar-refractivity contribution in [2.24, 2.45) is 0 Å². The van der Waals surface area contributed by atoms with Gasteiger partial charge in [0.05, 0.1) is 4.47 Å². The third-order valence-electron chi connectivity index (χ3n) is 1.55. The number of rotatable bonds is 2. The van der Waals surface area contributed by atoms with Crippen LogP contribution in [0.5, 0.6) is 0 Å². The molecule has 3 nitrogen and oxygen atoms in total. The lowest BCUT2D eigenvalue weighted by Crippen LogP contribution is -2.12. The Hall–Kier alpha value is -0.650. The Kier molecular flexibility index (Phi) is 3.47. The van der Waals surface area contributed by atoms with Crippen molar-refractivity contribution >= 4 is 33.5 Å². The Balaban J connectivity index is 3.26. The first-order chi connectivity index (χ1) is 6.43. The molecular weight excluding hydrogens is 278 g/mol. The Morgan fingerprint density at radius 3 is 2.64 bits per heavy atom. The van der Waals surface area contributed by atoms with Crippen molar-refractivity contribution in [1.82, 2.24) is 0 Å². The molecule has 0 radical (unpaired) electrons. The van der Waals surface area contributed by atoms with Crippen molar-refractivity contribution in [3.8, 4) is 0 Å². The van der Waals surface area contributed by atoms with Gasteiger partial charge in [-0.3, -0.25) is 0 Å². The van der Waals surface area contributed by atoms with E-state index in [-0.39, 0.29) is 15.1 Å². The summed E-state index contributed by atoms with van der Waals surface area (Å²) in [5, 5.41) is 17.7. The summed E-state index contributed by atoms with van der Waals surface area (Å²) in [5.41, 5.74) is -0.364. The summed E-state index contributed by atoms with van der Waals surface area (Å²) < 4.78 is 13.3. The van der Waals surface area contributed by atoms with E-state index in [1.54, 1.807) is 0 Å². The molecule has 0 amide bonds. The van der Waals surface area contributed by atoms with E-state index in [1.165, 1.54) is 6.07 Å². The van der Waals surface area contributed by atoms with Gasteiger partial charge in [-0.2, -0.15) is 0 Å². The van der Waals surface area contributed by atoms with Gasteiger partial charge in [0, 0.05) is 10.6 Å². The van der Waals surface area contributed by atoms with Crippen molar-refractivity contribution in [3.63, 3.8) is 0 Å². The number of carbonyl (C=O) groups is 1. The Morgan fingerprint density at radius 1 is 1.57 bits per heavy atom. The minimum Gasteiger partial charge on any atom is -0.479 e. The van der Waals surface area contributed by atoms with Gasteiger partial charge in [-0.15, -0.1) is 0 Å². The molecule has 0 spiro atoms. The molecule has 76 valence electrons. The quantitative estimate of drug-likeness (QED) is 0.819. The van der Waals surface area contributed by atoms with Gasteiger partial charge in [0.15, 0.2) is 6.10 Å². The number of aliphatic hydroxyl groups excluding tert-OH is 1. The lowest BCUT2D eigenvalue weighted by atomic mass is 10.1. The van der Waals surface area contributed by atoms with Crippen LogP contribution in [0.3, 0.4) is 0 Å². The van der Waals surface area contributed by atoms with E-state index in [2.05, 4.69) is 15.9 Å². The minimum absolute atomic E-state index is 0.0142. The fourth-order valence-corrected chi connectivity index (χ4v) is 1.74. The van der Waals surface area contributed by atoms with Gasteiger partial charge in [-0.1, -0.05) is 11.6 Å². The zero-order valence-electron chi connectivity index (χ0n) is 6.67. The summed E-state index contributed by atoms with van der Waals surface area (Å²) in [6, 6.07) is 2.34. The van der Waals surface area contributed by atoms with Crippen LogP contribution >= 0.6 is 27.5 Å². The van der Waals surface area contributed by atoms with Gasteiger partial charge < -0.3 is 10.2 Å². The maximum atomic E-state index is 13.3. The number of halogens is 3. The second-order valence-electron chi connectivity index (χ2n) is 2.53. The van der Waals surface area contributed by atoms with Crippen LogP contribution in [0.4, 0.5) is 4.39 Å². The fourth-order valence-electron chi connectivity index (χ4n) is 0.908. The van der Waals surface area contributed by atoms with Crippen LogP contribution in [-0.4, -0.2) is 16.2 Å². The number of carboxylic acids is 1. The van der Waals surface area contributed by atoms with E-state index in [9.17, 15) is 9.18 Å². The van der Waals surface area contributed by atoms with Gasteiger partial charge in [0.1, 0.15) is 5.82 Å². The van der Waals surface area contributed by atoms with Gasteiger partial charge in [-0.05, 0) is 28.1 Å². The van der Waals surface area contributed by atoms with E-state index in [1.807, 2.05) is 0 Å². The molecule has 14 heavy (non-hydrogen) atoms. The number of hydrogen-bond donors (Lipinski definition) is 2. The standard InChI is InChI=1S/C8H5BrClFO3/c9-5-2-3(10)1-4(6(5)11)7(12)8(13)14/h1-2,7,12H,(H,13,14). The van der Waals surface area contributed by atoms with Gasteiger partial charge in [0.25, 0.3) is 0 Å². The first kappa shape index (κ1) is 11.4. The maximum absolute atomic E-state index is 13.3. The summed E-state index contributed by atoms with van der Waals surface area (Å²) in [6.45, 7) is 0. The molecule has 0 fully saturated rings. The van der Waals surface area contributed by atoms with E-state index in [4.69, 9.17) is 21.8 Å². The van der Waals surface area contributed by atoms with Crippen molar-refractivity contribution in [2.75, 3.05) is 0 Å². The zero-order chi connectivity index (χ0) is 10.9. The third-order valence-corrected chi connectivity index (χ3v) is 2.34. The molecular formula is C8H5BrClFO3. The molecule has 0 aliphatic rings. The largest absolute Gasteiger partial charge is 0.479 e. The average Bonchev–Trinajstić information content (AvgIpc) is 2.09. The highest BCUT2D eigenvalue weighted by molar-refractivity contribution is 9.10. The van der Waals surface area contributed by atoms with Crippen molar-refractivity contribution in [3.05, 3.63) is 33.0 Å². The molecule has 1 aromatic carbocycles. The molecule has 0 saturated heterocycles. The highest BCUT2D eigenvalue weighted by Gasteiger charge is 2.22. The first-order valence-electron chi connectivity index (χ1n) is 3.48. The molecule has 0 aliphatic heterocycles. The molecule has 0 aromatic heterocycles. The van der Waals surface area contributed by atoms with Crippen LogP contribution in [0.25, 0.3) is 0 Å². The van der Waals surface area contributed by atoms with Crippen molar-refractivity contribution in [2.45, 2.75) is 6.10 Å². The average molecular weight is 283 g/mol. The number of benzene rings is 1. The van der Waals surface area contributed by atoms with Crippen LogP contribution in [0.15, 0.2) is 16.6 Å². The van der Waals surface area contributed by atoms with E-state index >= 15 is 0 Å². The number of carboxylic acid groups (broad SMARTS) is 1. The lowest BCUT2D eigenvalue weighted by Gasteiger charge is -2.08. The van der Waals surface area contributed by atoms with Gasteiger partial charge >= 0.3 is 5.97 Å². The highest BCUT2D eigenvalue weighted by atomic mass is 79.9. The summed E-state index contributed by atoms with van der Waals surface area (Å²) >= 11 is 8.42. The molecule has 6 heteroatoms. The highest BCUT2D eigenvalue weighted by Crippen LogP contribution is 2.28. The lowest BCUT2D eigenvalue weighted by molar-refractivity contribution is -0.147. The Bertz CT molecular complexity index is 383. The Labute approximate surface area is 92.2 Å².